The predicted molar refractivity (Wildman–Crippen MR) is 117 cm³/mol. The van der Waals surface area contributed by atoms with Crippen molar-refractivity contribution in [1.82, 2.24) is 15.1 Å². The predicted octanol–water partition coefficient (Wildman–Crippen LogP) is 4.36. The molecular formula is C22H24F2N4O3S. The van der Waals surface area contributed by atoms with Gasteiger partial charge in [0.15, 0.2) is 0 Å². The number of rotatable bonds is 7. The highest BCUT2D eigenvalue weighted by molar-refractivity contribution is 7.92. The number of hydrogen-bond donors (Lipinski definition) is 0. The van der Waals surface area contributed by atoms with Crippen LogP contribution in [0.15, 0.2) is 46.9 Å². The molecule has 10 heteroatoms. The lowest BCUT2D eigenvalue weighted by atomic mass is 10.1. The van der Waals surface area contributed by atoms with Crippen LogP contribution in [0.5, 0.6) is 0 Å². The van der Waals surface area contributed by atoms with Crippen molar-refractivity contribution in [2.45, 2.75) is 45.9 Å². The molecule has 7 nitrogen and oxygen atoms in total. The van der Waals surface area contributed by atoms with Crippen molar-refractivity contribution in [2.24, 2.45) is 0 Å². The average molecular weight is 463 g/mol. The fourth-order valence-electron chi connectivity index (χ4n) is 3.69. The highest BCUT2D eigenvalue weighted by atomic mass is 32.2. The monoisotopic (exact) mass is 462 g/mol. The Balaban J connectivity index is 1.56. The largest absolute Gasteiger partial charge is 0.415 e. The molecule has 2 aromatic carbocycles. The smallest absolute Gasteiger partial charge is 0.314 e. The van der Waals surface area contributed by atoms with Crippen LogP contribution < -0.4 is 4.31 Å². The first-order valence-electron chi connectivity index (χ1n) is 10.2. The van der Waals surface area contributed by atoms with Crippen molar-refractivity contribution in [1.29, 1.82) is 0 Å². The minimum atomic E-state index is -3.54. The number of halogens is 2. The molecule has 0 unspecified atom stereocenters. The number of sulfonamides is 1. The van der Waals surface area contributed by atoms with Gasteiger partial charge in [0.2, 0.25) is 15.9 Å². The lowest BCUT2D eigenvalue weighted by Gasteiger charge is -2.23. The molecule has 1 aliphatic heterocycles. The van der Waals surface area contributed by atoms with E-state index in [9.17, 15) is 17.2 Å². The van der Waals surface area contributed by atoms with Crippen LogP contribution in [0.3, 0.4) is 0 Å². The van der Waals surface area contributed by atoms with E-state index in [1.807, 2.05) is 18.2 Å². The van der Waals surface area contributed by atoms with Gasteiger partial charge in [-0.1, -0.05) is 18.2 Å². The first-order valence-corrected chi connectivity index (χ1v) is 12.0. The zero-order chi connectivity index (χ0) is 23.0. The molecule has 0 atom stereocenters. The van der Waals surface area contributed by atoms with E-state index in [1.54, 1.807) is 24.3 Å². The summed E-state index contributed by atoms with van der Waals surface area (Å²) in [5, 5.41) is 6.95. The van der Waals surface area contributed by atoms with E-state index in [0.29, 0.717) is 17.3 Å². The summed E-state index contributed by atoms with van der Waals surface area (Å²) in [6.07, 6.45) is -1.65. The second-order valence-corrected chi connectivity index (χ2v) is 10.1. The fourth-order valence-corrected chi connectivity index (χ4v) is 4.57. The van der Waals surface area contributed by atoms with Crippen molar-refractivity contribution < 1.29 is 21.6 Å². The van der Waals surface area contributed by atoms with Crippen LogP contribution in [-0.2, 0) is 29.7 Å². The number of fused-ring (bicyclic) bond motifs is 1. The molecule has 3 aromatic rings. The van der Waals surface area contributed by atoms with E-state index in [1.165, 1.54) is 16.1 Å². The van der Waals surface area contributed by atoms with Crippen LogP contribution >= 0.6 is 0 Å². The third-order valence-corrected chi connectivity index (χ3v) is 6.65. The van der Waals surface area contributed by atoms with Crippen LogP contribution in [0.25, 0.3) is 11.5 Å². The van der Waals surface area contributed by atoms with Gasteiger partial charge in [-0.15, -0.1) is 10.2 Å². The quantitative estimate of drug-likeness (QED) is 0.519. The van der Waals surface area contributed by atoms with Gasteiger partial charge in [-0.2, -0.15) is 8.78 Å². The maximum absolute atomic E-state index is 12.7. The lowest BCUT2D eigenvalue weighted by molar-refractivity contribution is 0.116. The van der Waals surface area contributed by atoms with Crippen LogP contribution in [0.2, 0.25) is 0 Å². The molecule has 1 aromatic heterocycles. The molecule has 0 radical (unpaired) electrons. The first-order chi connectivity index (χ1) is 15.1. The van der Waals surface area contributed by atoms with E-state index in [0.717, 1.165) is 24.2 Å². The summed E-state index contributed by atoms with van der Waals surface area (Å²) < 4.78 is 56.8. The molecule has 0 N–H and O–H groups in total. The number of alkyl halides is 2. The van der Waals surface area contributed by atoms with Gasteiger partial charge in [0.1, 0.15) is 0 Å². The Morgan fingerprint density at radius 3 is 2.34 bits per heavy atom. The van der Waals surface area contributed by atoms with Crippen LogP contribution in [0.4, 0.5) is 14.5 Å². The first kappa shape index (κ1) is 22.3. The van der Waals surface area contributed by atoms with Gasteiger partial charge < -0.3 is 4.42 Å². The van der Waals surface area contributed by atoms with Gasteiger partial charge in [0, 0.05) is 24.7 Å². The highest BCUT2D eigenvalue weighted by Crippen LogP contribution is 2.31. The highest BCUT2D eigenvalue weighted by Gasteiger charge is 2.24. The second kappa shape index (κ2) is 8.59. The summed E-state index contributed by atoms with van der Waals surface area (Å²) in [6, 6.07) is 12.9. The summed E-state index contributed by atoms with van der Waals surface area (Å²) in [6.45, 7) is 6.07. The van der Waals surface area contributed by atoms with Gasteiger partial charge in [-0.3, -0.25) is 9.21 Å². The second-order valence-electron chi connectivity index (χ2n) is 8.16. The summed E-state index contributed by atoms with van der Waals surface area (Å²) in [5.74, 6) is -0.750. The van der Waals surface area contributed by atoms with Gasteiger partial charge >= 0.3 is 6.43 Å². The summed E-state index contributed by atoms with van der Waals surface area (Å²) in [5.41, 5.74) is 4.16. The summed E-state index contributed by atoms with van der Waals surface area (Å²) >= 11 is 0. The molecule has 0 spiro atoms. The molecule has 0 saturated carbocycles. The summed E-state index contributed by atoms with van der Waals surface area (Å²) in [4.78, 5) is 2.33. The van der Waals surface area contributed by atoms with Gasteiger partial charge in [-0.25, -0.2) is 8.42 Å². The standard InChI is InChI=1S/C22H24F2N4O3S/c1-14(2)27-12-17-8-9-19(10-18(17)13-27)28(32(3,29)30)11-15-4-6-16(7-5-15)21-25-26-22(31-21)20(23)24/h4-10,14,20H,11-13H2,1-3H3. The molecule has 2 heterocycles. The fraction of sp³-hybridized carbons (Fsp3) is 0.364. The normalized spacial score (nSPS) is 14.3. The zero-order valence-corrected chi connectivity index (χ0v) is 18.8. The Labute approximate surface area is 185 Å². The van der Waals surface area contributed by atoms with E-state index >= 15 is 0 Å². The van der Waals surface area contributed by atoms with Crippen LogP contribution in [0.1, 0.15) is 42.9 Å². The third-order valence-electron chi connectivity index (χ3n) is 5.51. The molecule has 0 aliphatic carbocycles. The van der Waals surface area contributed by atoms with Gasteiger partial charge in [0.25, 0.3) is 5.89 Å². The molecular weight excluding hydrogens is 438 g/mol. The summed E-state index contributed by atoms with van der Waals surface area (Å²) in [7, 11) is -3.54. The SMILES string of the molecule is CC(C)N1Cc2ccc(N(Cc3ccc(-c4nnc(C(F)F)o4)cc3)S(C)(=O)=O)cc2C1. The molecule has 32 heavy (non-hydrogen) atoms. The Kier molecular flexibility index (Phi) is 6.00. The number of anilines is 1. The molecule has 0 fully saturated rings. The minimum Gasteiger partial charge on any atom is -0.415 e. The van der Waals surface area contributed by atoms with E-state index in [2.05, 4.69) is 28.9 Å². The number of benzene rings is 2. The van der Waals surface area contributed by atoms with Crippen LogP contribution in [0, 0.1) is 0 Å². The number of aromatic nitrogens is 2. The molecule has 0 bridgehead atoms. The third kappa shape index (κ3) is 4.66. The van der Waals surface area contributed by atoms with E-state index in [4.69, 9.17) is 4.42 Å². The molecule has 1 aliphatic rings. The minimum absolute atomic E-state index is 0.0138. The molecule has 0 amide bonds. The van der Waals surface area contributed by atoms with Crippen molar-refractivity contribution in [3.8, 4) is 11.5 Å². The topological polar surface area (TPSA) is 79.5 Å². The van der Waals surface area contributed by atoms with Crippen molar-refractivity contribution in [3.63, 3.8) is 0 Å². The Morgan fingerprint density at radius 2 is 1.75 bits per heavy atom. The van der Waals surface area contributed by atoms with E-state index in [-0.39, 0.29) is 12.4 Å². The maximum atomic E-state index is 12.7. The average Bonchev–Trinajstić information content (AvgIpc) is 3.38. The van der Waals surface area contributed by atoms with Crippen molar-refractivity contribution in [2.75, 3.05) is 10.6 Å². The van der Waals surface area contributed by atoms with Gasteiger partial charge in [-0.05, 0) is 54.8 Å². The van der Waals surface area contributed by atoms with Crippen molar-refractivity contribution in [3.05, 3.63) is 65.0 Å². The lowest BCUT2D eigenvalue weighted by Crippen LogP contribution is -2.29. The molecule has 4 rings (SSSR count). The number of hydrogen-bond acceptors (Lipinski definition) is 6. The zero-order valence-electron chi connectivity index (χ0n) is 18.0. The Morgan fingerprint density at radius 1 is 1.06 bits per heavy atom. The molecule has 170 valence electrons. The van der Waals surface area contributed by atoms with Crippen LogP contribution in [-0.4, -0.2) is 35.8 Å². The Bertz CT molecular complexity index is 1210. The van der Waals surface area contributed by atoms with E-state index < -0.39 is 22.3 Å². The molecule has 0 saturated heterocycles. The Hall–Kier alpha value is -2.85. The van der Waals surface area contributed by atoms with Crippen molar-refractivity contribution >= 4 is 15.7 Å². The number of nitrogens with zero attached hydrogens (tertiary/aromatic N) is 4. The maximum Gasteiger partial charge on any atom is 0.314 e. The van der Waals surface area contributed by atoms with Gasteiger partial charge in [0.05, 0.1) is 18.5 Å².